The van der Waals surface area contributed by atoms with Gasteiger partial charge in [0, 0.05) is 35.2 Å². The maximum Gasteiger partial charge on any atom is 0.252 e. The lowest BCUT2D eigenvalue weighted by molar-refractivity contribution is -0.314. The molecule has 3 N–H and O–H groups in total. The molecule has 0 spiro atoms. The molecule has 8 nitrogen and oxygen atoms in total. The summed E-state index contributed by atoms with van der Waals surface area (Å²) in [5.41, 5.74) is 4.01. The van der Waals surface area contributed by atoms with E-state index in [2.05, 4.69) is 16.0 Å². The SMILES string of the molecule is CO[C@H]1[C@H](O)[C@H](O)C2O[C@@]1(C)n1c3ccccc3c3c4c(c5c6ccccc6n2c5c31)C(=O)NC4. The Morgan fingerprint density at radius 1 is 1.00 bits per heavy atom. The number of para-hydroxylation sites is 2. The number of aliphatic hydroxyl groups is 2. The quantitative estimate of drug-likeness (QED) is 0.351. The fourth-order valence-electron chi connectivity index (χ4n) is 6.99. The summed E-state index contributed by atoms with van der Waals surface area (Å²) in [6.45, 7) is 2.35. The van der Waals surface area contributed by atoms with E-state index >= 15 is 0 Å². The molecule has 3 aromatic carbocycles. The summed E-state index contributed by atoms with van der Waals surface area (Å²) in [7, 11) is 1.53. The third kappa shape index (κ3) is 2.04. The molecule has 1 unspecified atom stereocenters. The van der Waals surface area contributed by atoms with Crippen LogP contribution in [0, 0.1) is 0 Å². The third-order valence-corrected chi connectivity index (χ3v) is 8.31. The smallest absolute Gasteiger partial charge is 0.252 e. The molecule has 0 aliphatic carbocycles. The van der Waals surface area contributed by atoms with E-state index in [1.54, 1.807) is 0 Å². The van der Waals surface area contributed by atoms with Crippen molar-refractivity contribution >= 4 is 49.5 Å². The average Bonchev–Trinajstić information content (AvgIpc) is 3.49. The van der Waals surface area contributed by atoms with Crippen molar-refractivity contribution in [3.05, 3.63) is 59.7 Å². The molecule has 3 aliphatic rings. The zero-order chi connectivity index (χ0) is 23.8. The van der Waals surface area contributed by atoms with Gasteiger partial charge in [0.15, 0.2) is 12.0 Å². The van der Waals surface area contributed by atoms with Gasteiger partial charge in [-0.25, -0.2) is 0 Å². The Labute approximate surface area is 199 Å². The van der Waals surface area contributed by atoms with Gasteiger partial charge in [0.05, 0.1) is 27.6 Å². The van der Waals surface area contributed by atoms with Crippen LogP contribution in [0.25, 0.3) is 43.6 Å². The second-order valence-electron chi connectivity index (χ2n) is 9.92. The Hall–Kier alpha value is -3.43. The van der Waals surface area contributed by atoms with Gasteiger partial charge in [0.1, 0.15) is 18.3 Å². The first-order valence-corrected chi connectivity index (χ1v) is 11.8. The lowest BCUT2D eigenvalue weighted by Gasteiger charge is -2.48. The summed E-state index contributed by atoms with van der Waals surface area (Å²) < 4.78 is 16.7. The lowest BCUT2D eigenvalue weighted by atomic mass is 9.93. The minimum atomic E-state index is -1.24. The standard InChI is InChI=1S/C27H23N3O5/c1-27-24(34-2)22(31)23(32)26(35-27)29-15-9-5-3-7-12(15)18-19-14(11-28-25(19)33)17-13-8-4-6-10-16(13)30(27)21(17)20(18)29/h3-10,22-24,26,31-32H,11H2,1-2H3,(H,28,33)/t22-,23+,24+,26?,27-/m1/s1. The number of carbonyl (C=O) groups excluding carboxylic acids is 1. The molecule has 2 aromatic heterocycles. The summed E-state index contributed by atoms with van der Waals surface area (Å²) in [5, 5.41) is 29.4. The van der Waals surface area contributed by atoms with Crippen molar-refractivity contribution in [2.24, 2.45) is 0 Å². The van der Waals surface area contributed by atoms with Crippen molar-refractivity contribution in [1.29, 1.82) is 0 Å². The van der Waals surface area contributed by atoms with E-state index in [0.29, 0.717) is 12.1 Å². The molecule has 176 valence electrons. The van der Waals surface area contributed by atoms with Crippen molar-refractivity contribution in [1.82, 2.24) is 14.5 Å². The number of ether oxygens (including phenoxy) is 2. The molecule has 8 heteroatoms. The third-order valence-electron chi connectivity index (χ3n) is 8.31. The minimum absolute atomic E-state index is 0.101. The predicted molar refractivity (Wildman–Crippen MR) is 130 cm³/mol. The van der Waals surface area contributed by atoms with E-state index < -0.39 is 30.3 Å². The molecule has 5 aromatic rings. The van der Waals surface area contributed by atoms with Gasteiger partial charge < -0.3 is 34.1 Å². The normalized spacial score (nSPS) is 29.4. The maximum atomic E-state index is 13.3. The van der Waals surface area contributed by atoms with Crippen LogP contribution in [0.15, 0.2) is 48.5 Å². The second-order valence-corrected chi connectivity index (χ2v) is 9.92. The van der Waals surface area contributed by atoms with Crippen molar-refractivity contribution in [3.63, 3.8) is 0 Å². The van der Waals surface area contributed by atoms with Crippen LogP contribution in [-0.2, 0) is 21.7 Å². The largest absolute Gasteiger partial charge is 0.387 e. The van der Waals surface area contributed by atoms with Crippen LogP contribution >= 0.6 is 0 Å². The Bertz CT molecular complexity index is 1770. The number of benzene rings is 3. The maximum absolute atomic E-state index is 13.3. The molecule has 5 heterocycles. The predicted octanol–water partition coefficient (Wildman–Crippen LogP) is 3.10. The number of nitrogens with zero attached hydrogens (tertiary/aromatic N) is 2. The summed E-state index contributed by atoms with van der Waals surface area (Å²) >= 11 is 0. The fourth-order valence-corrected chi connectivity index (χ4v) is 6.99. The van der Waals surface area contributed by atoms with E-state index in [1.165, 1.54) is 7.11 Å². The van der Waals surface area contributed by atoms with Crippen LogP contribution < -0.4 is 5.32 Å². The second kappa shape index (κ2) is 6.22. The van der Waals surface area contributed by atoms with Crippen LogP contribution in [0.4, 0.5) is 0 Å². The summed E-state index contributed by atoms with van der Waals surface area (Å²) in [5.74, 6) is -0.101. The zero-order valence-electron chi connectivity index (χ0n) is 19.1. The lowest BCUT2D eigenvalue weighted by Crippen LogP contribution is -2.62. The van der Waals surface area contributed by atoms with Gasteiger partial charge in [-0.3, -0.25) is 4.79 Å². The first-order chi connectivity index (χ1) is 17.0. The molecule has 1 amide bonds. The monoisotopic (exact) mass is 469 g/mol. The van der Waals surface area contributed by atoms with Gasteiger partial charge in [0.25, 0.3) is 5.91 Å². The molecule has 35 heavy (non-hydrogen) atoms. The molecular weight excluding hydrogens is 446 g/mol. The van der Waals surface area contributed by atoms with E-state index in [9.17, 15) is 15.0 Å². The highest BCUT2D eigenvalue weighted by Gasteiger charge is 2.56. The van der Waals surface area contributed by atoms with E-state index in [-0.39, 0.29) is 5.91 Å². The molecular formula is C27H23N3O5. The van der Waals surface area contributed by atoms with Gasteiger partial charge in [-0.05, 0) is 24.6 Å². The van der Waals surface area contributed by atoms with Gasteiger partial charge in [-0.2, -0.15) is 0 Å². The van der Waals surface area contributed by atoms with Crippen LogP contribution in [0.3, 0.4) is 0 Å². The van der Waals surface area contributed by atoms with Crippen LogP contribution in [0.2, 0.25) is 0 Å². The van der Waals surface area contributed by atoms with Crippen molar-refractivity contribution in [2.45, 2.75) is 43.7 Å². The summed E-state index contributed by atoms with van der Waals surface area (Å²) in [6.07, 6.45) is -4.14. The number of fused-ring (bicyclic) bond motifs is 13. The topological polar surface area (TPSA) is 97.9 Å². The molecule has 8 rings (SSSR count). The number of hydrogen-bond donors (Lipinski definition) is 3. The Balaban J connectivity index is 1.75. The van der Waals surface area contributed by atoms with Crippen molar-refractivity contribution < 1.29 is 24.5 Å². The van der Waals surface area contributed by atoms with E-state index in [0.717, 1.165) is 49.2 Å². The number of methoxy groups -OCH3 is 1. The minimum Gasteiger partial charge on any atom is -0.387 e. The van der Waals surface area contributed by atoms with Gasteiger partial charge in [-0.1, -0.05) is 36.4 Å². The van der Waals surface area contributed by atoms with Crippen LogP contribution in [0.1, 0.15) is 29.1 Å². The zero-order valence-corrected chi connectivity index (χ0v) is 19.1. The summed E-state index contributed by atoms with van der Waals surface area (Å²) in [4.78, 5) is 13.3. The van der Waals surface area contributed by atoms with Crippen molar-refractivity contribution in [3.8, 4) is 0 Å². The van der Waals surface area contributed by atoms with Crippen LogP contribution in [0.5, 0.6) is 0 Å². The van der Waals surface area contributed by atoms with Gasteiger partial charge in [-0.15, -0.1) is 0 Å². The number of rotatable bonds is 1. The average molecular weight is 469 g/mol. The number of hydrogen-bond acceptors (Lipinski definition) is 5. The highest BCUT2D eigenvalue weighted by atomic mass is 16.6. The molecule has 3 aliphatic heterocycles. The van der Waals surface area contributed by atoms with Gasteiger partial charge in [0.2, 0.25) is 0 Å². The van der Waals surface area contributed by atoms with Crippen molar-refractivity contribution in [2.75, 3.05) is 7.11 Å². The molecule has 0 saturated carbocycles. The number of aliphatic hydroxyl groups excluding tert-OH is 2. The highest BCUT2D eigenvalue weighted by molar-refractivity contribution is 6.31. The number of aromatic nitrogens is 2. The highest BCUT2D eigenvalue weighted by Crippen LogP contribution is 2.53. The van der Waals surface area contributed by atoms with E-state index in [1.807, 2.05) is 54.0 Å². The first kappa shape index (κ1) is 19.8. The first-order valence-electron chi connectivity index (χ1n) is 11.8. The molecule has 1 saturated heterocycles. The molecule has 2 bridgehead atoms. The van der Waals surface area contributed by atoms with Crippen LogP contribution in [-0.4, -0.2) is 50.7 Å². The van der Waals surface area contributed by atoms with Gasteiger partial charge >= 0.3 is 0 Å². The molecule has 5 atom stereocenters. The summed E-state index contributed by atoms with van der Waals surface area (Å²) in [6, 6.07) is 15.9. The Kier molecular flexibility index (Phi) is 3.52. The number of amides is 1. The fraction of sp³-hybridized carbons (Fsp3) is 0.296. The number of nitrogens with one attached hydrogen (secondary N) is 1. The number of carbonyl (C=O) groups is 1. The van der Waals surface area contributed by atoms with E-state index in [4.69, 9.17) is 9.47 Å². The molecule has 1 fully saturated rings. The Morgan fingerprint density at radius 3 is 2.43 bits per heavy atom. The Morgan fingerprint density at radius 2 is 1.69 bits per heavy atom. The molecule has 0 radical (unpaired) electrons.